The summed E-state index contributed by atoms with van der Waals surface area (Å²) in [6.07, 6.45) is 8.04. The predicted molar refractivity (Wildman–Crippen MR) is 60.4 cm³/mol. The monoisotopic (exact) mass is 182 g/mol. The molecular formula is C11H18S. The number of hydrogen-bond acceptors (Lipinski definition) is 1. The van der Waals surface area contributed by atoms with Gasteiger partial charge in [-0.15, -0.1) is 11.8 Å². The summed E-state index contributed by atoms with van der Waals surface area (Å²) in [5, 5.41) is 0. The van der Waals surface area contributed by atoms with E-state index in [1.165, 1.54) is 4.91 Å². The molecule has 0 aromatic heterocycles. The molecule has 0 aromatic rings. The lowest BCUT2D eigenvalue weighted by molar-refractivity contribution is 0.807. The van der Waals surface area contributed by atoms with E-state index in [1.54, 1.807) is 0 Å². The Labute approximate surface area is 80.4 Å². The second-order valence-electron chi connectivity index (χ2n) is 3.51. The van der Waals surface area contributed by atoms with Crippen LogP contribution in [0.15, 0.2) is 35.8 Å². The molecule has 0 N–H and O–H groups in total. The van der Waals surface area contributed by atoms with Gasteiger partial charge >= 0.3 is 0 Å². The van der Waals surface area contributed by atoms with Gasteiger partial charge in [0.25, 0.3) is 0 Å². The lowest BCUT2D eigenvalue weighted by Gasteiger charge is -2.17. The van der Waals surface area contributed by atoms with E-state index in [1.807, 2.05) is 36.9 Å². The lowest BCUT2D eigenvalue weighted by Crippen LogP contribution is -2.06. The average Bonchev–Trinajstić information content (AvgIpc) is 1.95. The molecule has 68 valence electrons. The van der Waals surface area contributed by atoms with E-state index in [2.05, 4.69) is 33.4 Å². The highest BCUT2D eigenvalue weighted by Gasteiger charge is 2.11. The van der Waals surface area contributed by atoms with E-state index >= 15 is 0 Å². The van der Waals surface area contributed by atoms with Gasteiger partial charge in [0, 0.05) is 9.65 Å². The van der Waals surface area contributed by atoms with E-state index in [9.17, 15) is 0 Å². The Morgan fingerprint density at radius 2 is 1.92 bits per heavy atom. The van der Waals surface area contributed by atoms with E-state index in [0.717, 1.165) is 0 Å². The SMILES string of the molecule is C=C/C(=C\C=C/C)SC(C)(C)C. The van der Waals surface area contributed by atoms with Crippen molar-refractivity contribution < 1.29 is 0 Å². The van der Waals surface area contributed by atoms with Crippen LogP contribution in [-0.4, -0.2) is 4.75 Å². The molecule has 0 aliphatic carbocycles. The molecule has 0 amide bonds. The summed E-state index contributed by atoms with van der Waals surface area (Å²) in [7, 11) is 0. The largest absolute Gasteiger partial charge is 0.120 e. The molecule has 0 rings (SSSR count). The minimum absolute atomic E-state index is 0.265. The van der Waals surface area contributed by atoms with Gasteiger partial charge in [0.15, 0.2) is 0 Å². The highest BCUT2D eigenvalue weighted by molar-refractivity contribution is 8.04. The van der Waals surface area contributed by atoms with E-state index < -0.39 is 0 Å². The summed E-state index contributed by atoms with van der Waals surface area (Å²) < 4.78 is 0.265. The molecule has 1 heteroatoms. The maximum Gasteiger partial charge on any atom is 0.0122 e. The first-order chi connectivity index (χ1) is 5.49. The van der Waals surface area contributed by atoms with Crippen LogP contribution in [0, 0.1) is 0 Å². The molecule has 0 saturated carbocycles. The van der Waals surface area contributed by atoms with Crippen molar-refractivity contribution in [2.24, 2.45) is 0 Å². The summed E-state index contributed by atoms with van der Waals surface area (Å²) >= 11 is 1.83. The van der Waals surface area contributed by atoms with Gasteiger partial charge < -0.3 is 0 Å². The Kier molecular flexibility index (Phi) is 5.07. The Balaban J connectivity index is 4.28. The Morgan fingerprint density at radius 1 is 1.33 bits per heavy atom. The third-order valence-corrected chi connectivity index (χ3v) is 2.23. The van der Waals surface area contributed by atoms with Crippen molar-refractivity contribution in [3.63, 3.8) is 0 Å². The summed E-state index contributed by atoms with van der Waals surface area (Å²) in [4.78, 5) is 1.22. The highest BCUT2D eigenvalue weighted by atomic mass is 32.2. The Bertz CT molecular complexity index is 192. The molecule has 0 saturated heterocycles. The van der Waals surface area contributed by atoms with Crippen LogP contribution in [0.4, 0.5) is 0 Å². The zero-order valence-corrected chi connectivity index (χ0v) is 9.24. The smallest absolute Gasteiger partial charge is 0.0122 e. The van der Waals surface area contributed by atoms with Crippen molar-refractivity contribution in [1.82, 2.24) is 0 Å². The normalized spacial score (nSPS) is 13.8. The molecule has 0 aliphatic rings. The van der Waals surface area contributed by atoms with E-state index in [4.69, 9.17) is 0 Å². The van der Waals surface area contributed by atoms with Crippen molar-refractivity contribution >= 4 is 11.8 Å². The fourth-order valence-electron chi connectivity index (χ4n) is 0.688. The van der Waals surface area contributed by atoms with Crippen LogP contribution in [0.1, 0.15) is 27.7 Å². The Morgan fingerprint density at radius 3 is 2.25 bits per heavy atom. The number of hydrogen-bond donors (Lipinski definition) is 0. The maximum atomic E-state index is 3.78. The van der Waals surface area contributed by atoms with Crippen molar-refractivity contribution in [3.05, 3.63) is 35.8 Å². The minimum atomic E-state index is 0.265. The molecule has 12 heavy (non-hydrogen) atoms. The molecule has 0 bridgehead atoms. The third kappa shape index (κ3) is 6.29. The van der Waals surface area contributed by atoms with Gasteiger partial charge in [-0.2, -0.15) is 0 Å². The summed E-state index contributed by atoms with van der Waals surface area (Å²) in [6, 6.07) is 0. The first kappa shape index (κ1) is 11.6. The standard InChI is InChI=1S/C11H18S/c1-6-8-9-10(7-2)12-11(3,4)5/h6-9H,2H2,1,3-5H3/b8-6-,10-9+. The minimum Gasteiger partial charge on any atom is -0.120 e. The van der Waals surface area contributed by atoms with Crippen molar-refractivity contribution in [3.8, 4) is 0 Å². The van der Waals surface area contributed by atoms with Crippen LogP contribution in [0.25, 0.3) is 0 Å². The van der Waals surface area contributed by atoms with Crippen LogP contribution in [0.5, 0.6) is 0 Å². The summed E-state index contributed by atoms with van der Waals surface area (Å²) in [6.45, 7) is 12.4. The van der Waals surface area contributed by atoms with Crippen LogP contribution in [0.3, 0.4) is 0 Å². The first-order valence-corrected chi connectivity index (χ1v) is 4.95. The molecule has 0 aliphatic heterocycles. The van der Waals surface area contributed by atoms with E-state index in [-0.39, 0.29) is 4.75 Å². The second-order valence-corrected chi connectivity index (χ2v) is 5.41. The topological polar surface area (TPSA) is 0 Å². The maximum absolute atomic E-state index is 3.78. The van der Waals surface area contributed by atoms with Gasteiger partial charge in [-0.3, -0.25) is 0 Å². The van der Waals surface area contributed by atoms with Gasteiger partial charge in [-0.25, -0.2) is 0 Å². The van der Waals surface area contributed by atoms with Crippen molar-refractivity contribution in [2.75, 3.05) is 0 Å². The van der Waals surface area contributed by atoms with E-state index in [0.29, 0.717) is 0 Å². The Hall–Kier alpha value is -0.430. The average molecular weight is 182 g/mol. The third-order valence-electron chi connectivity index (χ3n) is 1.08. The van der Waals surface area contributed by atoms with Gasteiger partial charge in [0.2, 0.25) is 0 Å². The first-order valence-electron chi connectivity index (χ1n) is 4.14. The molecule has 0 aromatic carbocycles. The van der Waals surface area contributed by atoms with Gasteiger partial charge in [-0.1, -0.05) is 45.6 Å². The van der Waals surface area contributed by atoms with Crippen LogP contribution < -0.4 is 0 Å². The summed E-state index contributed by atoms with van der Waals surface area (Å²) in [5.74, 6) is 0. The molecule has 0 radical (unpaired) electrons. The second kappa shape index (κ2) is 5.26. The molecule has 0 nitrogen and oxygen atoms in total. The molecule has 0 fully saturated rings. The molecular weight excluding hydrogens is 164 g/mol. The predicted octanol–water partition coefficient (Wildman–Crippen LogP) is 4.16. The zero-order chi connectivity index (χ0) is 9.61. The fourth-order valence-corrected chi connectivity index (χ4v) is 1.63. The van der Waals surface area contributed by atoms with Crippen LogP contribution >= 0.6 is 11.8 Å². The highest BCUT2D eigenvalue weighted by Crippen LogP contribution is 2.31. The molecule has 0 unspecified atom stereocenters. The molecule has 0 heterocycles. The van der Waals surface area contributed by atoms with Gasteiger partial charge in [0.05, 0.1) is 0 Å². The number of rotatable bonds is 3. The number of allylic oxidation sites excluding steroid dienone is 4. The van der Waals surface area contributed by atoms with Crippen molar-refractivity contribution in [2.45, 2.75) is 32.4 Å². The van der Waals surface area contributed by atoms with Crippen molar-refractivity contribution in [1.29, 1.82) is 0 Å². The zero-order valence-electron chi connectivity index (χ0n) is 8.42. The quantitative estimate of drug-likeness (QED) is 0.590. The van der Waals surface area contributed by atoms with Gasteiger partial charge in [0.1, 0.15) is 0 Å². The summed E-state index contributed by atoms with van der Waals surface area (Å²) in [5.41, 5.74) is 0. The fraction of sp³-hybridized carbons (Fsp3) is 0.455. The van der Waals surface area contributed by atoms with Crippen LogP contribution in [-0.2, 0) is 0 Å². The lowest BCUT2D eigenvalue weighted by atomic mass is 10.3. The number of thioether (sulfide) groups is 1. The van der Waals surface area contributed by atoms with Crippen LogP contribution in [0.2, 0.25) is 0 Å². The molecule has 0 atom stereocenters. The van der Waals surface area contributed by atoms with Gasteiger partial charge in [-0.05, 0) is 13.0 Å². The molecule has 0 spiro atoms.